The Bertz CT molecular complexity index is 1010. The summed E-state index contributed by atoms with van der Waals surface area (Å²) in [6, 6.07) is 25.7. The van der Waals surface area contributed by atoms with Gasteiger partial charge in [0.1, 0.15) is 6.04 Å². The maximum atomic E-state index is 13.5. The molecule has 1 unspecified atom stereocenters. The van der Waals surface area contributed by atoms with Crippen LogP contribution in [0, 0.1) is 0 Å². The van der Waals surface area contributed by atoms with Gasteiger partial charge in [-0.25, -0.2) is 0 Å². The van der Waals surface area contributed by atoms with Gasteiger partial charge in [0, 0.05) is 31.1 Å². The smallest absolute Gasteiger partial charge is 0.247 e. The molecule has 2 N–H and O–H groups in total. The van der Waals surface area contributed by atoms with Gasteiger partial charge in [-0.1, -0.05) is 84.4 Å². The van der Waals surface area contributed by atoms with E-state index in [-0.39, 0.29) is 31.4 Å². The van der Waals surface area contributed by atoms with E-state index < -0.39 is 6.04 Å². The Hall–Kier alpha value is -3.15. The Morgan fingerprint density at radius 2 is 1.52 bits per heavy atom. The van der Waals surface area contributed by atoms with Crippen LogP contribution in [-0.4, -0.2) is 35.0 Å². The van der Waals surface area contributed by atoms with Crippen molar-refractivity contribution in [3.05, 3.63) is 107 Å². The topological polar surface area (TPSA) is 69.6 Å². The highest BCUT2D eigenvalue weighted by atomic mass is 35.5. The number of nitrogens with one attached hydrogen (secondary N) is 1. The summed E-state index contributed by atoms with van der Waals surface area (Å²) >= 11 is 6.04. The van der Waals surface area contributed by atoms with Crippen LogP contribution in [0.3, 0.4) is 0 Å². The molecule has 0 saturated carbocycles. The molecule has 3 rings (SSSR count). The van der Waals surface area contributed by atoms with Crippen LogP contribution >= 0.6 is 11.6 Å². The molecule has 0 saturated heterocycles. The van der Waals surface area contributed by atoms with Gasteiger partial charge in [-0.15, -0.1) is 0 Å². The second-order valence-corrected chi connectivity index (χ2v) is 8.25. The second-order valence-electron chi connectivity index (χ2n) is 7.82. The zero-order valence-electron chi connectivity index (χ0n) is 18.5. The number of carbonyl (C=O) groups excluding carboxylic acids is 2. The van der Waals surface area contributed by atoms with Crippen molar-refractivity contribution in [1.82, 2.24) is 10.2 Å². The predicted octanol–water partition coefficient (Wildman–Crippen LogP) is 4.54. The van der Waals surface area contributed by atoms with Crippen molar-refractivity contribution >= 4 is 23.4 Å². The molecule has 0 heterocycles. The molecule has 2 amide bonds. The van der Waals surface area contributed by atoms with E-state index in [0.717, 1.165) is 16.7 Å². The van der Waals surface area contributed by atoms with E-state index in [1.54, 1.807) is 17.0 Å². The Balaban J connectivity index is 1.90. The summed E-state index contributed by atoms with van der Waals surface area (Å²) in [6.45, 7) is 0.601. The Morgan fingerprint density at radius 3 is 2.15 bits per heavy atom. The maximum Gasteiger partial charge on any atom is 0.247 e. The van der Waals surface area contributed by atoms with E-state index in [1.807, 2.05) is 72.8 Å². The summed E-state index contributed by atoms with van der Waals surface area (Å²) in [5.74, 6) is -0.378. The normalized spacial score (nSPS) is 11.6. The Kier molecular flexibility index (Phi) is 9.48. The van der Waals surface area contributed by atoms with Crippen LogP contribution in [0.2, 0.25) is 5.02 Å². The number of aryl methyl sites for hydroxylation is 1. The number of nitrogens with zero attached hydrogens (tertiary/aromatic N) is 1. The standard InChI is InChI=1S/C27H29ClN2O3/c28-24-15-12-22(13-16-24)20-30(25(32)17-14-21-8-3-1-4-9-21)26(23-10-5-2-6-11-23)27(33)29-18-7-19-31/h1-6,8-13,15-16,26,31H,7,14,17-20H2,(H,29,33). The lowest BCUT2D eigenvalue weighted by Crippen LogP contribution is -2.43. The number of aliphatic hydroxyl groups excluding tert-OH is 1. The Morgan fingerprint density at radius 1 is 0.879 bits per heavy atom. The molecule has 0 radical (unpaired) electrons. The Labute approximate surface area is 200 Å². The van der Waals surface area contributed by atoms with Gasteiger partial charge in [-0.3, -0.25) is 9.59 Å². The van der Waals surface area contributed by atoms with Crippen molar-refractivity contribution in [2.75, 3.05) is 13.2 Å². The SMILES string of the molecule is O=C(NCCCO)C(c1ccccc1)N(Cc1ccc(Cl)cc1)C(=O)CCc1ccccc1. The molecule has 172 valence electrons. The molecule has 6 heteroatoms. The molecule has 0 bridgehead atoms. The van der Waals surface area contributed by atoms with Gasteiger partial charge in [-0.2, -0.15) is 0 Å². The van der Waals surface area contributed by atoms with Gasteiger partial charge in [0.25, 0.3) is 0 Å². The van der Waals surface area contributed by atoms with Crippen LogP contribution in [0.5, 0.6) is 0 Å². The van der Waals surface area contributed by atoms with Crippen molar-refractivity contribution in [3.63, 3.8) is 0 Å². The number of carbonyl (C=O) groups is 2. The van der Waals surface area contributed by atoms with Crippen molar-refractivity contribution < 1.29 is 14.7 Å². The first-order chi connectivity index (χ1) is 16.1. The van der Waals surface area contributed by atoms with Gasteiger partial charge < -0.3 is 15.3 Å². The molecule has 0 aromatic heterocycles. The lowest BCUT2D eigenvalue weighted by atomic mass is 10.0. The third-order valence-electron chi connectivity index (χ3n) is 5.37. The fraction of sp³-hybridized carbons (Fsp3) is 0.259. The van der Waals surface area contributed by atoms with Crippen molar-refractivity contribution in [2.45, 2.75) is 31.8 Å². The average Bonchev–Trinajstić information content (AvgIpc) is 2.85. The van der Waals surface area contributed by atoms with E-state index in [4.69, 9.17) is 16.7 Å². The number of halogens is 1. The molecule has 5 nitrogen and oxygen atoms in total. The number of aliphatic hydroxyl groups is 1. The highest BCUT2D eigenvalue weighted by Gasteiger charge is 2.31. The summed E-state index contributed by atoms with van der Waals surface area (Å²) in [5, 5.41) is 12.6. The molecule has 1 atom stereocenters. The van der Waals surface area contributed by atoms with Gasteiger partial charge in [0.05, 0.1) is 0 Å². The number of hydrogen-bond donors (Lipinski definition) is 2. The average molecular weight is 465 g/mol. The minimum Gasteiger partial charge on any atom is -0.396 e. The molecule has 0 fully saturated rings. The van der Waals surface area contributed by atoms with Crippen LogP contribution < -0.4 is 5.32 Å². The minimum absolute atomic E-state index is 0.0131. The third-order valence-corrected chi connectivity index (χ3v) is 5.62. The molecule has 33 heavy (non-hydrogen) atoms. The maximum absolute atomic E-state index is 13.5. The minimum atomic E-state index is -0.788. The van der Waals surface area contributed by atoms with Crippen LogP contribution in [0.4, 0.5) is 0 Å². The molecule has 3 aromatic carbocycles. The van der Waals surface area contributed by atoms with Crippen molar-refractivity contribution in [3.8, 4) is 0 Å². The highest BCUT2D eigenvalue weighted by Crippen LogP contribution is 2.25. The van der Waals surface area contributed by atoms with Gasteiger partial charge in [0.15, 0.2) is 0 Å². The van der Waals surface area contributed by atoms with E-state index in [9.17, 15) is 9.59 Å². The third kappa shape index (κ3) is 7.45. The van der Waals surface area contributed by atoms with Crippen LogP contribution in [0.25, 0.3) is 0 Å². The molecule has 0 aliphatic carbocycles. The summed E-state index contributed by atoms with van der Waals surface area (Å²) in [5.41, 5.74) is 2.69. The van der Waals surface area contributed by atoms with Gasteiger partial charge in [-0.05, 0) is 41.7 Å². The lowest BCUT2D eigenvalue weighted by molar-refractivity contribution is -0.141. The number of hydrogen-bond acceptors (Lipinski definition) is 3. The van der Waals surface area contributed by atoms with E-state index in [1.165, 1.54) is 0 Å². The summed E-state index contributed by atoms with van der Waals surface area (Å²) in [6.07, 6.45) is 1.32. The molecule has 0 aliphatic heterocycles. The predicted molar refractivity (Wildman–Crippen MR) is 131 cm³/mol. The highest BCUT2D eigenvalue weighted by molar-refractivity contribution is 6.30. The largest absolute Gasteiger partial charge is 0.396 e. The molecule has 0 spiro atoms. The lowest BCUT2D eigenvalue weighted by Gasteiger charge is -2.32. The molecular formula is C27H29ClN2O3. The van der Waals surface area contributed by atoms with E-state index in [0.29, 0.717) is 24.4 Å². The molecular weight excluding hydrogens is 436 g/mol. The quantitative estimate of drug-likeness (QED) is 0.409. The van der Waals surface area contributed by atoms with Gasteiger partial charge in [0.2, 0.25) is 11.8 Å². The van der Waals surface area contributed by atoms with Crippen LogP contribution in [-0.2, 0) is 22.6 Å². The van der Waals surface area contributed by atoms with Crippen LogP contribution in [0.15, 0.2) is 84.9 Å². The second kappa shape index (κ2) is 12.8. The first-order valence-electron chi connectivity index (χ1n) is 11.1. The zero-order chi connectivity index (χ0) is 23.5. The molecule has 0 aliphatic rings. The summed E-state index contributed by atoms with van der Waals surface area (Å²) in [7, 11) is 0. The van der Waals surface area contributed by atoms with Gasteiger partial charge >= 0.3 is 0 Å². The van der Waals surface area contributed by atoms with Crippen molar-refractivity contribution in [1.29, 1.82) is 0 Å². The number of amides is 2. The number of rotatable bonds is 11. The van der Waals surface area contributed by atoms with Crippen LogP contribution in [0.1, 0.15) is 35.6 Å². The summed E-state index contributed by atoms with van der Waals surface area (Å²) < 4.78 is 0. The monoisotopic (exact) mass is 464 g/mol. The first-order valence-corrected chi connectivity index (χ1v) is 11.5. The number of benzene rings is 3. The van der Waals surface area contributed by atoms with E-state index in [2.05, 4.69) is 5.32 Å². The fourth-order valence-electron chi connectivity index (χ4n) is 3.65. The van der Waals surface area contributed by atoms with E-state index >= 15 is 0 Å². The summed E-state index contributed by atoms with van der Waals surface area (Å²) in [4.78, 5) is 28.4. The fourth-order valence-corrected chi connectivity index (χ4v) is 3.77. The first kappa shape index (κ1) is 24.5. The zero-order valence-corrected chi connectivity index (χ0v) is 19.2. The molecule has 3 aromatic rings. The van der Waals surface area contributed by atoms with Crippen molar-refractivity contribution in [2.24, 2.45) is 0 Å².